The van der Waals surface area contributed by atoms with E-state index in [0.29, 0.717) is 35.2 Å². The first-order chi connectivity index (χ1) is 9.95. The number of nitro groups is 1. The summed E-state index contributed by atoms with van der Waals surface area (Å²) in [6, 6.07) is 5.11. The predicted molar refractivity (Wildman–Crippen MR) is 77.6 cm³/mol. The van der Waals surface area contributed by atoms with Crippen molar-refractivity contribution < 1.29 is 10.0 Å². The molecule has 2 aromatic rings. The average molecular weight is 290 g/mol. The molecule has 2 rings (SSSR count). The van der Waals surface area contributed by atoms with Gasteiger partial charge in [0.1, 0.15) is 6.61 Å². The third-order valence-electron chi connectivity index (χ3n) is 3.18. The Kier molecular flexibility index (Phi) is 4.32. The van der Waals surface area contributed by atoms with E-state index in [9.17, 15) is 15.2 Å². The van der Waals surface area contributed by atoms with Gasteiger partial charge >= 0.3 is 0 Å². The third-order valence-corrected chi connectivity index (χ3v) is 3.18. The molecule has 1 N–H and O–H groups in total. The highest BCUT2D eigenvalue weighted by molar-refractivity contribution is 5.70. The molecule has 21 heavy (non-hydrogen) atoms. The molecule has 0 aliphatic rings. The van der Waals surface area contributed by atoms with Crippen LogP contribution >= 0.6 is 0 Å². The van der Waals surface area contributed by atoms with Gasteiger partial charge in [0.15, 0.2) is 11.6 Å². The molecule has 0 saturated carbocycles. The number of hydrogen-bond donors (Lipinski definition) is 1. The van der Waals surface area contributed by atoms with Crippen molar-refractivity contribution in [3.05, 3.63) is 39.7 Å². The molecule has 7 nitrogen and oxygen atoms in total. The highest BCUT2D eigenvalue weighted by atomic mass is 16.6. The Morgan fingerprint density at radius 1 is 1.38 bits per heavy atom. The summed E-state index contributed by atoms with van der Waals surface area (Å²) in [7, 11) is 0. The summed E-state index contributed by atoms with van der Waals surface area (Å²) in [5.74, 6) is 1.13. The number of benzene rings is 1. The SMILES string of the molecule is Cc1cccc(-c2nnc(CO)n2CC(C)C)c1[N+](=O)[O-]. The largest absolute Gasteiger partial charge is 0.388 e. The van der Waals surface area contributed by atoms with Gasteiger partial charge in [0, 0.05) is 12.1 Å². The third kappa shape index (κ3) is 2.92. The van der Waals surface area contributed by atoms with Crippen LogP contribution in [0.1, 0.15) is 25.2 Å². The van der Waals surface area contributed by atoms with E-state index in [4.69, 9.17) is 0 Å². The monoisotopic (exact) mass is 290 g/mol. The summed E-state index contributed by atoms with van der Waals surface area (Å²) >= 11 is 0. The van der Waals surface area contributed by atoms with E-state index in [0.717, 1.165) is 0 Å². The molecule has 0 spiro atoms. The van der Waals surface area contributed by atoms with Crippen LogP contribution in [0.4, 0.5) is 5.69 Å². The number of rotatable bonds is 5. The molecule has 0 aliphatic heterocycles. The number of para-hydroxylation sites is 1. The molecule has 0 atom stereocenters. The molecular formula is C14H18N4O3. The summed E-state index contributed by atoms with van der Waals surface area (Å²) < 4.78 is 1.74. The lowest BCUT2D eigenvalue weighted by atomic mass is 10.1. The number of nitrogens with zero attached hydrogens (tertiary/aromatic N) is 4. The topological polar surface area (TPSA) is 94.1 Å². The van der Waals surface area contributed by atoms with Gasteiger partial charge < -0.3 is 9.67 Å². The zero-order valence-corrected chi connectivity index (χ0v) is 12.3. The standard InChI is InChI=1S/C14H18N4O3/c1-9(2)7-17-12(8-19)15-16-14(17)11-6-4-5-10(3)13(11)18(20)21/h4-6,9,19H,7-8H2,1-3H3. The highest BCUT2D eigenvalue weighted by Gasteiger charge is 2.24. The lowest BCUT2D eigenvalue weighted by Crippen LogP contribution is -2.11. The van der Waals surface area contributed by atoms with E-state index in [1.54, 1.807) is 29.7 Å². The number of aryl methyl sites for hydroxylation is 1. The summed E-state index contributed by atoms with van der Waals surface area (Å²) in [6.07, 6.45) is 0. The molecule has 1 heterocycles. The molecule has 0 bridgehead atoms. The number of aliphatic hydroxyl groups is 1. The van der Waals surface area contributed by atoms with Gasteiger partial charge in [0.25, 0.3) is 5.69 Å². The van der Waals surface area contributed by atoms with Crippen LogP contribution in [0.25, 0.3) is 11.4 Å². The van der Waals surface area contributed by atoms with Crippen LogP contribution in [0.3, 0.4) is 0 Å². The molecular weight excluding hydrogens is 272 g/mol. The van der Waals surface area contributed by atoms with Crippen molar-refractivity contribution in [1.29, 1.82) is 0 Å². The second kappa shape index (κ2) is 6.01. The first-order valence-corrected chi connectivity index (χ1v) is 6.73. The van der Waals surface area contributed by atoms with Gasteiger partial charge in [0.2, 0.25) is 0 Å². The summed E-state index contributed by atoms with van der Waals surface area (Å²) in [4.78, 5) is 10.9. The normalized spacial score (nSPS) is 11.1. The fourth-order valence-electron chi connectivity index (χ4n) is 2.29. The van der Waals surface area contributed by atoms with E-state index >= 15 is 0 Å². The Bertz CT molecular complexity index is 664. The number of hydrogen-bond acceptors (Lipinski definition) is 5. The van der Waals surface area contributed by atoms with Crippen molar-refractivity contribution in [3.8, 4) is 11.4 Å². The van der Waals surface area contributed by atoms with Gasteiger partial charge in [-0.25, -0.2) is 0 Å². The lowest BCUT2D eigenvalue weighted by Gasteiger charge is -2.12. The van der Waals surface area contributed by atoms with Gasteiger partial charge in [-0.2, -0.15) is 0 Å². The highest BCUT2D eigenvalue weighted by Crippen LogP contribution is 2.32. The van der Waals surface area contributed by atoms with E-state index in [1.165, 1.54) is 0 Å². The second-order valence-corrected chi connectivity index (χ2v) is 5.33. The first kappa shape index (κ1) is 15.1. The maximum atomic E-state index is 11.3. The number of nitro benzene ring substituents is 1. The summed E-state index contributed by atoms with van der Waals surface area (Å²) in [6.45, 7) is 6.07. The maximum absolute atomic E-state index is 11.3. The quantitative estimate of drug-likeness (QED) is 0.673. The molecule has 1 aromatic heterocycles. The first-order valence-electron chi connectivity index (χ1n) is 6.73. The molecule has 0 saturated heterocycles. The van der Waals surface area contributed by atoms with Crippen LogP contribution in [0.2, 0.25) is 0 Å². The molecule has 0 unspecified atom stereocenters. The van der Waals surface area contributed by atoms with Crippen LogP contribution in [0.15, 0.2) is 18.2 Å². The summed E-state index contributed by atoms with van der Waals surface area (Å²) in [5.41, 5.74) is 1.02. The Morgan fingerprint density at radius 3 is 2.67 bits per heavy atom. The van der Waals surface area contributed by atoms with Crippen LogP contribution in [-0.4, -0.2) is 24.8 Å². The Hall–Kier alpha value is -2.28. The fraction of sp³-hybridized carbons (Fsp3) is 0.429. The molecule has 0 aliphatic carbocycles. The minimum atomic E-state index is -0.405. The average Bonchev–Trinajstić information content (AvgIpc) is 2.79. The Balaban J connectivity index is 2.65. The molecule has 112 valence electrons. The van der Waals surface area contributed by atoms with E-state index < -0.39 is 4.92 Å². The zero-order valence-electron chi connectivity index (χ0n) is 12.3. The fourth-order valence-corrected chi connectivity index (χ4v) is 2.29. The van der Waals surface area contributed by atoms with Crippen molar-refractivity contribution in [2.24, 2.45) is 5.92 Å². The minimum absolute atomic E-state index is 0.0272. The Morgan fingerprint density at radius 2 is 2.10 bits per heavy atom. The van der Waals surface area contributed by atoms with Crippen LogP contribution in [-0.2, 0) is 13.2 Å². The number of aliphatic hydroxyl groups excluding tert-OH is 1. The second-order valence-electron chi connectivity index (χ2n) is 5.33. The van der Waals surface area contributed by atoms with Gasteiger partial charge in [-0.3, -0.25) is 10.1 Å². The van der Waals surface area contributed by atoms with E-state index in [2.05, 4.69) is 10.2 Å². The summed E-state index contributed by atoms with van der Waals surface area (Å²) in [5, 5.41) is 28.7. The van der Waals surface area contributed by atoms with Crippen molar-refractivity contribution >= 4 is 5.69 Å². The van der Waals surface area contributed by atoms with Crippen molar-refractivity contribution in [2.75, 3.05) is 0 Å². The van der Waals surface area contributed by atoms with Gasteiger partial charge in [-0.1, -0.05) is 26.0 Å². The lowest BCUT2D eigenvalue weighted by molar-refractivity contribution is -0.384. The molecule has 1 aromatic carbocycles. The number of aromatic nitrogens is 3. The predicted octanol–water partition coefficient (Wildman–Crippen LogP) is 2.31. The maximum Gasteiger partial charge on any atom is 0.283 e. The van der Waals surface area contributed by atoms with E-state index in [-0.39, 0.29) is 12.3 Å². The molecule has 0 radical (unpaired) electrons. The smallest absolute Gasteiger partial charge is 0.283 e. The van der Waals surface area contributed by atoms with Gasteiger partial charge in [-0.05, 0) is 18.9 Å². The molecule has 0 fully saturated rings. The minimum Gasteiger partial charge on any atom is -0.388 e. The Labute approximate surface area is 122 Å². The van der Waals surface area contributed by atoms with Crippen LogP contribution in [0, 0.1) is 23.0 Å². The van der Waals surface area contributed by atoms with Crippen molar-refractivity contribution in [2.45, 2.75) is 33.9 Å². The van der Waals surface area contributed by atoms with Crippen LogP contribution in [0.5, 0.6) is 0 Å². The van der Waals surface area contributed by atoms with Gasteiger partial charge in [0.05, 0.1) is 10.5 Å². The van der Waals surface area contributed by atoms with Gasteiger partial charge in [-0.15, -0.1) is 10.2 Å². The van der Waals surface area contributed by atoms with E-state index in [1.807, 2.05) is 13.8 Å². The zero-order chi connectivity index (χ0) is 15.6. The molecule has 7 heteroatoms. The van der Waals surface area contributed by atoms with Crippen molar-refractivity contribution in [1.82, 2.24) is 14.8 Å². The van der Waals surface area contributed by atoms with Crippen molar-refractivity contribution in [3.63, 3.8) is 0 Å². The van der Waals surface area contributed by atoms with Crippen LogP contribution < -0.4 is 0 Å². The molecule has 0 amide bonds.